The molecule has 122 valence electrons. The number of hydrogen-bond donors (Lipinski definition) is 1. The molecular formula is C17H25NO4. The fourth-order valence-electron chi connectivity index (χ4n) is 2.73. The van der Waals surface area contributed by atoms with E-state index in [1.807, 2.05) is 32.9 Å². The Balaban J connectivity index is 2.04. The zero-order valence-corrected chi connectivity index (χ0v) is 14.0. The van der Waals surface area contributed by atoms with Gasteiger partial charge in [0.2, 0.25) is 0 Å². The molecule has 0 saturated carbocycles. The molecule has 0 amide bonds. The topological polar surface area (TPSA) is 56.8 Å². The number of methoxy groups -OCH3 is 2. The molecule has 0 spiro atoms. The normalized spacial score (nSPS) is 17.0. The molecular weight excluding hydrogens is 282 g/mol. The van der Waals surface area contributed by atoms with E-state index in [2.05, 4.69) is 5.32 Å². The zero-order valence-electron chi connectivity index (χ0n) is 14.0. The summed E-state index contributed by atoms with van der Waals surface area (Å²) in [5.74, 6) is 1.22. The van der Waals surface area contributed by atoms with Crippen molar-refractivity contribution in [3.05, 3.63) is 23.3 Å². The lowest BCUT2D eigenvalue weighted by atomic mass is 10.1. The third kappa shape index (κ3) is 3.91. The summed E-state index contributed by atoms with van der Waals surface area (Å²) in [6, 6.07) is 4.15. The summed E-state index contributed by atoms with van der Waals surface area (Å²) in [6.07, 6.45) is 1.91. The molecule has 0 saturated heterocycles. The lowest BCUT2D eigenvalue weighted by molar-refractivity contribution is -0.153. The highest BCUT2D eigenvalue weighted by Gasteiger charge is 2.26. The molecule has 0 heterocycles. The van der Waals surface area contributed by atoms with Crippen molar-refractivity contribution in [1.29, 1.82) is 0 Å². The standard InChI is InChI=1S/C17H25NO4/c1-17(2,3)22-16(19)10-18-13-7-6-11-8-14(20-4)15(21-5)9-12(11)13/h8-9,13,18H,6-7,10H2,1-5H3. The van der Waals surface area contributed by atoms with E-state index < -0.39 is 5.60 Å². The molecule has 1 N–H and O–H groups in total. The number of esters is 1. The third-order valence-electron chi connectivity index (χ3n) is 3.64. The number of rotatable bonds is 5. The van der Waals surface area contributed by atoms with E-state index in [1.165, 1.54) is 11.1 Å². The monoisotopic (exact) mass is 307 g/mol. The van der Waals surface area contributed by atoms with Crippen LogP contribution in [0.4, 0.5) is 0 Å². The van der Waals surface area contributed by atoms with Gasteiger partial charge in [0.25, 0.3) is 0 Å². The van der Waals surface area contributed by atoms with Crippen molar-refractivity contribution in [2.24, 2.45) is 0 Å². The molecule has 2 rings (SSSR count). The summed E-state index contributed by atoms with van der Waals surface area (Å²) in [5.41, 5.74) is 1.95. The first-order valence-corrected chi connectivity index (χ1v) is 7.54. The average molecular weight is 307 g/mol. The van der Waals surface area contributed by atoms with Crippen molar-refractivity contribution in [2.75, 3.05) is 20.8 Å². The molecule has 1 aromatic carbocycles. The van der Waals surface area contributed by atoms with Gasteiger partial charge in [0.1, 0.15) is 5.60 Å². The van der Waals surface area contributed by atoms with Gasteiger partial charge in [-0.2, -0.15) is 0 Å². The minimum absolute atomic E-state index is 0.141. The van der Waals surface area contributed by atoms with E-state index in [9.17, 15) is 4.79 Å². The molecule has 1 aliphatic rings. The summed E-state index contributed by atoms with van der Waals surface area (Å²) >= 11 is 0. The molecule has 5 heteroatoms. The summed E-state index contributed by atoms with van der Waals surface area (Å²) in [7, 11) is 3.26. The van der Waals surface area contributed by atoms with Crippen molar-refractivity contribution in [3.8, 4) is 11.5 Å². The number of hydrogen-bond acceptors (Lipinski definition) is 5. The van der Waals surface area contributed by atoms with Gasteiger partial charge in [-0.3, -0.25) is 4.79 Å². The Morgan fingerprint density at radius 1 is 1.23 bits per heavy atom. The first kappa shape index (κ1) is 16.6. The minimum Gasteiger partial charge on any atom is -0.493 e. The zero-order chi connectivity index (χ0) is 16.3. The Morgan fingerprint density at radius 2 is 1.86 bits per heavy atom. The fraction of sp³-hybridized carbons (Fsp3) is 0.588. The molecule has 0 fully saturated rings. The second-order valence-corrected chi connectivity index (χ2v) is 6.46. The molecule has 0 bridgehead atoms. The van der Waals surface area contributed by atoms with Crippen LogP contribution in [0.2, 0.25) is 0 Å². The van der Waals surface area contributed by atoms with Crippen LogP contribution in [-0.4, -0.2) is 32.3 Å². The van der Waals surface area contributed by atoms with Crippen molar-refractivity contribution in [2.45, 2.75) is 45.3 Å². The average Bonchev–Trinajstić information content (AvgIpc) is 2.83. The molecule has 22 heavy (non-hydrogen) atoms. The fourth-order valence-corrected chi connectivity index (χ4v) is 2.73. The second kappa shape index (κ2) is 6.57. The van der Waals surface area contributed by atoms with Gasteiger partial charge in [-0.1, -0.05) is 0 Å². The van der Waals surface area contributed by atoms with Gasteiger partial charge in [0, 0.05) is 6.04 Å². The third-order valence-corrected chi connectivity index (χ3v) is 3.64. The van der Waals surface area contributed by atoms with E-state index in [1.54, 1.807) is 14.2 Å². The van der Waals surface area contributed by atoms with Crippen LogP contribution >= 0.6 is 0 Å². The van der Waals surface area contributed by atoms with Gasteiger partial charge in [0.15, 0.2) is 11.5 Å². The summed E-state index contributed by atoms with van der Waals surface area (Å²) in [5, 5.41) is 3.28. The van der Waals surface area contributed by atoms with Crippen LogP contribution in [0.3, 0.4) is 0 Å². The van der Waals surface area contributed by atoms with Crippen LogP contribution in [-0.2, 0) is 16.0 Å². The lowest BCUT2D eigenvalue weighted by Gasteiger charge is -2.21. The van der Waals surface area contributed by atoms with Crippen LogP contribution < -0.4 is 14.8 Å². The highest BCUT2D eigenvalue weighted by Crippen LogP contribution is 2.39. The molecule has 1 aromatic rings. The van der Waals surface area contributed by atoms with Gasteiger partial charge in [-0.05, 0) is 56.9 Å². The van der Waals surface area contributed by atoms with E-state index in [0.29, 0.717) is 5.75 Å². The minimum atomic E-state index is -0.455. The van der Waals surface area contributed by atoms with Crippen molar-refractivity contribution >= 4 is 5.97 Å². The van der Waals surface area contributed by atoms with Gasteiger partial charge in [-0.15, -0.1) is 0 Å². The van der Waals surface area contributed by atoms with Gasteiger partial charge in [-0.25, -0.2) is 0 Å². The maximum Gasteiger partial charge on any atom is 0.320 e. The van der Waals surface area contributed by atoms with Crippen LogP contribution in [0.15, 0.2) is 12.1 Å². The SMILES string of the molecule is COc1cc2c(cc1OC)C(NCC(=O)OC(C)(C)C)CC2. The number of carbonyl (C=O) groups excluding carboxylic acids is 1. The number of fused-ring (bicyclic) bond motifs is 1. The van der Waals surface area contributed by atoms with E-state index >= 15 is 0 Å². The van der Waals surface area contributed by atoms with Gasteiger partial charge >= 0.3 is 5.97 Å². The largest absolute Gasteiger partial charge is 0.493 e. The quantitative estimate of drug-likeness (QED) is 0.848. The highest BCUT2D eigenvalue weighted by molar-refractivity contribution is 5.72. The Morgan fingerprint density at radius 3 is 2.45 bits per heavy atom. The molecule has 1 aliphatic carbocycles. The number of nitrogens with one attached hydrogen (secondary N) is 1. The summed E-state index contributed by atoms with van der Waals surface area (Å²) < 4.78 is 16.0. The van der Waals surface area contributed by atoms with E-state index in [4.69, 9.17) is 14.2 Å². The Kier molecular flexibility index (Phi) is 4.96. The predicted octanol–water partition coefficient (Wildman–Crippen LogP) is 2.62. The maximum absolute atomic E-state index is 11.8. The smallest absolute Gasteiger partial charge is 0.320 e. The predicted molar refractivity (Wildman–Crippen MR) is 84.5 cm³/mol. The number of benzene rings is 1. The summed E-state index contributed by atoms with van der Waals surface area (Å²) in [6.45, 7) is 5.81. The van der Waals surface area contributed by atoms with E-state index in [-0.39, 0.29) is 18.6 Å². The number of aryl methyl sites for hydroxylation is 1. The van der Waals surface area contributed by atoms with Crippen LogP contribution in [0.25, 0.3) is 0 Å². The molecule has 0 radical (unpaired) electrons. The molecule has 0 aromatic heterocycles. The first-order chi connectivity index (χ1) is 10.3. The maximum atomic E-state index is 11.8. The van der Waals surface area contributed by atoms with Crippen molar-refractivity contribution < 1.29 is 19.0 Å². The molecule has 0 aliphatic heterocycles. The summed E-state index contributed by atoms with van der Waals surface area (Å²) in [4.78, 5) is 11.8. The Hall–Kier alpha value is -1.75. The van der Waals surface area contributed by atoms with Gasteiger partial charge < -0.3 is 19.5 Å². The number of ether oxygens (including phenoxy) is 3. The molecule has 1 unspecified atom stereocenters. The number of carbonyl (C=O) groups is 1. The highest BCUT2D eigenvalue weighted by atomic mass is 16.6. The van der Waals surface area contributed by atoms with Crippen LogP contribution in [0, 0.1) is 0 Å². The second-order valence-electron chi connectivity index (χ2n) is 6.46. The van der Waals surface area contributed by atoms with Crippen LogP contribution in [0.5, 0.6) is 11.5 Å². The molecule has 5 nitrogen and oxygen atoms in total. The lowest BCUT2D eigenvalue weighted by Crippen LogP contribution is -2.32. The first-order valence-electron chi connectivity index (χ1n) is 7.54. The van der Waals surface area contributed by atoms with Crippen LogP contribution in [0.1, 0.15) is 44.4 Å². The van der Waals surface area contributed by atoms with Crippen molar-refractivity contribution in [3.63, 3.8) is 0 Å². The Labute approximate surface area is 131 Å². The Bertz CT molecular complexity index is 548. The van der Waals surface area contributed by atoms with Crippen molar-refractivity contribution in [1.82, 2.24) is 5.32 Å². The van der Waals surface area contributed by atoms with Gasteiger partial charge in [0.05, 0.1) is 20.8 Å². The van der Waals surface area contributed by atoms with E-state index in [0.717, 1.165) is 18.6 Å². The molecule has 1 atom stereocenters.